The first-order valence-electron chi connectivity index (χ1n) is 4.02. The van der Waals surface area contributed by atoms with E-state index < -0.39 is 7.38 Å². The van der Waals surface area contributed by atoms with Crippen LogP contribution in [0.5, 0.6) is 0 Å². The van der Waals surface area contributed by atoms with Gasteiger partial charge in [-0.15, -0.1) is 0 Å². The van der Waals surface area contributed by atoms with Gasteiger partial charge in [-0.3, -0.25) is 0 Å². The Morgan fingerprint density at radius 2 is 1.58 bits per heavy atom. The van der Waals surface area contributed by atoms with E-state index in [1.807, 2.05) is 30.4 Å². The van der Waals surface area contributed by atoms with Crippen molar-refractivity contribution in [2.45, 2.75) is 13.1 Å². The molecule has 0 saturated heterocycles. The van der Waals surface area contributed by atoms with Crippen molar-refractivity contribution in [1.82, 2.24) is 0 Å². The molecule has 1 aliphatic rings. The quantitative estimate of drug-likeness (QED) is 0.444. The van der Waals surface area contributed by atoms with Crippen molar-refractivity contribution in [2.24, 2.45) is 0 Å². The molecule has 0 fully saturated rings. The molecule has 0 aromatic carbocycles. The smallest absolute Gasteiger partial charge is 0.162 e. The number of hydrogen-bond acceptors (Lipinski definition) is 0. The molecule has 0 radical (unpaired) electrons. The number of hydrogen-bond donors (Lipinski definition) is 0. The van der Waals surface area contributed by atoms with Crippen LogP contribution in [0.4, 0.5) is 0 Å². The molecule has 0 nitrogen and oxygen atoms in total. The molecule has 0 unspecified atom stereocenters. The molecule has 0 bridgehead atoms. The summed E-state index contributed by atoms with van der Waals surface area (Å²) in [5, 5.41) is 1.27. The highest BCUT2D eigenvalue weighted by Gasteiger charge is 2.20. The zero-order chi connectivity index (χ0) is 9.03. The van der Waals surface area contributed by atoms with Gasteiger partial charge in [-0.25, -0.2) is 0 Å². The maximum Gasteiger partial charge on any atom is 0.180 e. The molecule has 0 saturated carbocycles. The lowest BCUT2D eigenvalue weighted by Crippen LogP contribution is -2.19. The first-order chi connectivity index (χ1) is 5.61. The lowest BCUT2D eigenvalue weighted by Gasteiger charge is -2.14. The Balaban J connectivity index is 2.90. The van der Waals surface area contributed by atoms with E-state index in [2.05, 4.69) is 25.2 Å². The summed E-state index contributed by atoms with van der Waals surface area (Å²) in [4.78, 5) is 0. The van der Waals surface area contributed by atoms with Crippen molar-refractivity contribution in [3.63, 3.8) is 0 Å². The Kier molecular flexibility index (Phi) is 3.12. The summed E-state index contributed by atoms with van der Waals surface area (Å²) in [6, 6.07) is 0. The molecule has 0 aliphatic heterocycles. The number of halogens is 1. The molecule has 0 aromatic heterocycles. The molecule has 0 atom stereocenters. The minimum absolute atomic E-state index is 1.27. The maximum absolute atomic E-state index is 6.30. The summed E-state index contributed by atoms with van der Waals surface area (Å²) in [5.41, 5.74) is 0. The molecule has 0 amide bonds. The monoisotopic (exact) mass is 196 g/mol. The Labute approximate surface area is 79.6 Å². The van der Waals surface area contributed by atoms with Gasteiger partial charge in [0, 0.05) is 0 Å². The highest BCUT2D eigenvalue weighted by Crippen LogP contribution is 2.21. The second-order valence-corrected chi connectivity index (χ2v) is 9.58. The van der Waals surface area contributed by atoms with Crippen molar-refractivity contribution in [1.29, 1.82) is 0 Å². The van der Waals surface area contributed by atoms with E-state index >= 15 is 0 Å². The van der Waals surface area contributed by atoms with Gasteiger partial charge in [0.15, 0.2) is 7.38 Å². The topological polar surface area (TPSA) is 0 Å². The predicted octanol–water partition coefficient (Wildman–Crippen LogP) is 3.58. The third-order valence-electron chi connectivity index (χ3n) is 1.68. The third-order valence-corrected chi connectivity index (χ3v) is 4.04. The van der Waals surface area contributed by atoms with Crippen LogP contribution in [0.3, 0.4) is 0 Å². The Hall–Kier alpha value is -0.533. The van der Waals surface area contributed by atoms with Crippen LogP contribution in [0, 0.1) is 0 Å². The molecule has 0 spiro atoms. The average Bonchev–Trinajstić information content (AvgIpc) is 1.81. The zero-order valence-corrected chi connectivity index (χ0v) is 9.18. The van der Waals surface area contributed by atoms with Crippen LogP contribution in [0.15, 0.2) is 47.7 Å². The van der Waals surface area contributed by atoms with Crippen LogP contribution in [-0.4, -0.2) is 7.38 Å². The van der Waals surface area contributed by atoms with Gasteiger partial charge in [-0.2, -0.15) is 11.1 Å². The van der Waals surface area contributed by atoms with Crippen LogP contribution >= 0.6 is 11.1 Å². The zero-order valence-electron chi connectivity index (χ0n) is 7.42. The van der Waals surface area contributed by atoms with Crippen LogP contribution < -0.4 is 0 Å². The summed E-state index contributed by atoms with van der Waals surface area (Å²) in [7, 11) is -1.65. The van der Waals surface area contributed by atoms with E-state index in [0.29, 0.717) is 0 Å². The SMILES string of the molecule is C[Si](C)(Cl)C1=C/C=C\C=C/C=C1. The minimum Gasteiger partial charge on any atom is -0.162 e. The Morgan fingerprint density at radius 1 is 1.00 bits per heavy atom. The van der Waals surface area contributed by atoms with Crippen LogP contribution in [-0.2, 0) is 0 Å². The van der Waals surface area contributed by atoms with Crippen molar-refractivity contribution in [2.75, 3.05) is 0 Å². The van der Waals surface area contributed by atoms with Gasteiger partial charge in [0.1, 0.15) is 0 Å². The number of allylic oxidation sites excluding steroid dienone is 8. The fourth-order valence-corrected chi connectivity index (χ4v) is 2.33. The van der Waals surface area contributed by atoms with Gasteiger partial charge in [-0.1, -0.05) is 55.6 Å². The maximum atomic E-state index is 6.30. The van der Waals surface area contributed by atoms with Crippen molar-refractivity contribution in [3.05, 3.63) is 47.7 Å². The van der Waals surface area contributed by atoms with Gasteiger partial charge >= 0.3 is 0 Å². The predicted molar refractivity (Wildman–Crippen MR) is 58.8 cm³/mol. The standard InChI is InChI=1S/C10H13ClSi/c1-12(2,11)10-8-6-4-3-5-7-9-10/h3-9H,1-2H3/b4-3-,5-3?,6-4?,7-5-,8-6?,9-7?,10-8?,10-9?. The summed E-state index contributed by atoms with van der Waals surface area (Å²) in [6.07, 6.45) is 14.3. The van der Waals surface area contributed by atoms with Gasteiger partial charge in [0.05, 0.1) is 0 Å². The van der Waals surface area contributed by atoms with Gasteiger partial charge < -0.3 is 0 Å². The summed E-state index contributed by atoms with van der Waals surface area (Å²) in [6.45, 7) is 4.26. The second kappa shape index (κ2) is 3.92. The lowest BCUT2D eigenvalue weighted by atomic mass is 10.3. The largest absolute Gasteiger partial charge is 0.180 e. The Bertz CT molecular complexity index is 264. The highest BCUT2D eigenvalue weighted by atomic mass is 35.6. The molecule has 64 valence electrons. The van der Waals surface area contributed by atoms with Crippen molar-refractivity contribution in [3.8, 4) is 0 Å². The lowest BCUT2D eigenvalue weighted by molar-refractivity contribution is 1.70. The van der Waals surface area contributed by atoms with E-state index in [9.17, 15) is 0 Å². The van der Waals surface area contributed by atoms with E-state index in [0.717, 1.165) is 0 Å². The van der Waals surface area contributed by atoms with E-state index in [-0.39, 0.29) is 0 Å². The molecular formula is C10H13ClSi. The Morgan fingerprint density at radius 3 is 2.25 bits per heavy atom. The van der Waals surface area contributed by atoms with Crippen LogP contribution in [0.2, 0.25) is 13.1 Å². The second-order valence-electron chi connectivity index (χ2n) is 3.22. The molecule has 0 heterocycles. The minimum atomic E-state index is -1.65. The van der Waals surface area contributed by atoms with Gasteiger partial charge in [-0.05, 0) is 5.20 Å². The van der Waals surface area contributed by atoms with Crippen molar-refractivity contribution >= 4 is 18.5 Å². The summed E-state index contributed by atoms with van der Waals surface area (Å²) < 4.78 is 0. The van der Waals surface area contributed by atoms with Crippen molar-refractivity contribution < 1.29 is 0 Å². The molecule has 1 rings (SSSR count). The molecular weight excluding hydrogens is 184 g/mol. The molecule has 2 heteroatoms. The van der Waals surface area contributed by atoms with Gasteiger partial charge in [0.25, 0.3) is 0 Å². The van der Waals surface area contributed by atoms with E-state index in [4.69, 9.17) is 11.1 Å². The van der Waals surface area contributed by atoms with Crippen LogP contribution in [0.25, 0.3) is 0 Å². The fraction of sp³-hybridized carbons (Fsp3) is 0.200. The molecule has 1 aliphatic carbocycles. The average molecular weight is 197 g/mol. The number of rotatable bonds is 1. The molecule has 12 heavy (non-hydrogen) atoms. The van der Waals surface area contributed by atoms with E-state index in [1.54, 1.807) is 0 Å². The first-order valence-corrected chi connectivity index (χ1v) is 8.03. The van der Waals surface area contributed by atoms with E-state index in [1.165, 1.54) is 5.20 Å². The molecule has 0 aromatic rings. The van der Waals surface area contributed by atoms with Gasteiger partial charge in [0.2, 0.25) is 0 Å². The fourth-order valence-electron chi connectivity index (χ4n) is 0.963. The highest BCUT2D eigenvalue weighted by molar-refractivity contribution is 7.23. The summed E-state index contributed by atoms with van der Waals surface area (Å²) in [5.74, 6) is 0. The summed E-state index contributed by atoms with van der Waals surface area (Å²) >= 11 is 6.30. The third kappa shape index (κ3) is 2.84. The van der Waals surface area contributed by atoms with Crippen LogP contribution in [0.1, 0.15) is 0 Å². The molecule has 0 N–H and O–H groups in total. The first kappa shape index (κ1) is 9.55. The normalized spacial score (nSPS) is 22.4.